The molecule has 3 rings (SSSR count). The van der Waals surface area contributed by atoms with E-state index >= 15 is 0 Å². The maximum absolute atomic E-state index is 5.62. The molecule has 2 aromatic rings. The van der Waals surface area contributed by atoms with E-state index in [4.69, 9.17) is 8.83 Å². The molecule has 0 unspecified atom stereocenters. The van der Waals surface area contributed by atoms with Gasteiger partial charge in [0.2, 0.25) is 0 Å². The fraction of sp³-hybridized carbons (Fsp3) is 0.462. The second-order valence-corrected chi connectivity index (χ2v) is 4.43. The van der Waals surface area contributed by atoms with Gasteiger partial charge in [-0.1, -0.05) is 0 Å². The summed E-state index contributed by atoms with van der Waals surface area (Å²) < 4.78 is 10.9. The van der Waals surface area contributed by atoms with Crippen molar-refractivity contribution in [3.8, 4) is 11.5 Å². The SMILES string of the molecule is c1coc(-c2cnc(CCCNC3CC3)o2)c1. The predicted octanol–water partition coefficient (Wildman–Crippen LogP) is 2.62. The number of nitrogens with one attached hydrogen (secondary N) is 1. The molecule has 1 fully saturated rings. The van der Waals surface area contributed by atoms with Crippen LogP contribution in [0.5, 0.6) is 0 Å². The number of aromatic nitrogens is 1. The van der Waals surface area contributed by atoms with Crippen LogP contribution in [-0.4, -0.2) is 17.6 Å². The fourth-order valence-corrected chi connectivity index (χ4v) is 1.79. The zero-order chi connectivity index (χ0) is 11.5. The van der Waals surface area contributed by atoms with Crippen LogP contribution in [0.4, 0.5) is 0 Å². The number of oxazole rings is 1. The first-order chi connectivity index (χ1) is 8.42. The molecule has 0 saturated heterocycles. The van der Waals surface area contributed by atoms with Crippen LogP contribution in [0.3, 0.4) is 0 Å². The van der Waals surface area contributed by atoms with E-state index in [1.54, 1.807) is 12.5 Å². The molecule has 0 amide bonds. The van der Waals surface area contributed by atoms with Crippen molar-refractivity contribution in [3.05, 3.63) is 30.5 Å². The summed E-state index contributed by atoms with van der Waals surface area (Å²) in [4.78, 5) is 4.25. The number of furan rings is 1. The van der Waals surface area contributed by atoms with Crippen LogP contribution in [0, 0.1) is 0 Å². The highest BCUT2D eigenvalue weighted by atomic mass is 16.4. The van der Waals surface area contributed by atoms with Gasteiger partial charge < -0.3 is 14.2 Å². The Morgan fingerprint density at radius 3 is 3.06 bits per heavy atom. The molecule has 2 aromatic heterocycles. The lowest BCUT2D eigenvalue weighted by Crippen LogP contribution is -2.17. The number of aryl methyl sites for hydroxylation is 1. The molecule has 2 heterocycles. The van der Waals surface area contributed by atoms with Crippen molar-refractivity contribution in [1.29, 1.82) is 0 Å². The molecule has 0 bridgehead atoms. The molecule has 0 aromatic carbocycles. The molecule has 0 atom stereocenters. The average Bonchev–Trinajstić information content (AvgIpc) is 2.84. The molecule has 0 radical (unpaired) electrons. The van der Waals surface area contributed by atoms with Crippen molar-refractivity contribution in [2.24, 2.45) is 0 Å². The van der Waals surface area contributed by atoms with Gasteiger partial charge in [-0.25, -0.2) is 4.98 Å². The highest BCUT2D eigenvalue weighted by Crippen LogP contribution is 2.21. The largest absolute Gasteiger partial charge is 0.461 e. The van der Waals surface area contributed by atoms with Crippen LogP contribution in [0.1, 0.15) is 25.2 Å². The second kappa shape index (κ2) is 4.75. The van der Waals surface area contributed by atoms with E-state index in [-0.39, 0.29) is 0 Å². The minimum absolute atomic E-state index is 0.708. The Hall–Kier alpha value is -1.55. The molecule has 1 saturated carbocycles. The van der Waals surface area contributed by atoms with Crippen molar-refractivity contribution >= 4 is 0 Å². The van der Waals surface area contributed by atoms with Gasteiger partial charge in [0.25, 0.3) is 0 Å². The van der Waals surface area contributed by atoms with Crippen molar-refractivity contribution < 1.29 is 8.83 Å². The zero-order valence-electron chi connectivity index (χ0n) is 9.69. The molecule has 17 heavy (non-hydrogen) atoms. The Kier molecular flexibility index (Phi) is 2.96. The molecule has 0 spiro atoms. The van der Waals surface area contributed by atoms with Gasteiger partial charge in [0.1, 0.15) is 0 Å². The Bertz CT molecular complexity index is 457. The van der Waals surface area contributed by atoms with Crippen molar-refractivity contribution in [2.45, 2.75) is 31.7 Å². The van der Waals surface area contributed by atoms with Crippen molar-refractivity contribution in [1.82, 2.24) is 10.3 Å². The molecule has 90 valence electrons. The Labute approximate surface area is 100 Å². The average molecular weight is 232 g/mol. The van der Waals surface area contributed by atoms with Crippen molar-refractivity contribution in [3.63, 3.8) is 0 Å². The van der Waals surface area contributed by atoms with Crippen LogP contribution in [0.2, 0.25) is 0 Å². The molecule has 4 heteroatoms. The smallest absolute Gasteiger partial charge is 0.195 e. The molecule has 1 aliphatic rings. The van der Waals surface area contributed by atoms with Gasteiger partial charge in [0.15, 0.2) is 17.4 Å². The Morgan fingerprint density at radius 1 is 1.35 bits per heavy atom. The minimum Gasteiger partial charge on any atom is -0.461 e. The van der Waals surface area contributed by atoms with E-state index < -0.39 is 0 Å². The van der Waals surface area contributed by atoms with Crippen LogP contribution in [0.15, 0.2) is 33.4 Å². The van der Waals surface area contributed by atoms with Crippen molar-refractivity contribution in [2.75, 3.05) is 6.54 Å². The summed E-state index contributed by atoms with van der Waals surface area (Å²) >= 11 is 0. The summed E-state index contributed by atoms with van der Waals surface area (Å²) in [5, 5.41) is 3.47. The van der Waals surface area contributed by atoms with Gasteiger partial charge in [-0.2, -0.15) is 0 Å². The third-order valence-corrected chi connectivity index (χ3v) is 2.90. The molecular formula is C13H16N2O2. The summed E-state index contributed by atoms with van der Waals surface area (Å²) in [6, 6.07) is 4.49. The third kappa shape index (κ3) is 2.77. The Morgan fingerprint density at radius 2 is 2.29 bits per heavy atom. The predicted molar refractivity (Wildman–Crippen MR) is 63.6 cm³/mol. The lowest BCUT2D eigenvalue weighted by Gasteiger charge is -1.99. The maximum Gasteiger partial charge on any atom is 0.195 e. The molecule has 1 N–H and O–H groups in total. The van der Waals surface area contributed by atoms with Crippen LogP contribution in [-0.2, 0) is 6.42 Å². The van der Waals surface area contributed by atoms with Gasteiger partial charge >= 0.3 is 0 Å². The van der Waals surface area contributed by atoms with Gasteiger partial charge in [0, 0.05) is 12.5 Å². The fourth-order valence-electron chi connectivity index (χ4n) is 1.79. The van der Waals surface area contributed by atoms with Gasteiger partial charge in [0.05, 0.1) is 12.5 Å². The summed E-state index contributed by atoms with van der Waals surface area (Å²) in [7, 11) is 0. The maximum atomic E-state index is 5.62. The second-order valence-electron chi connectivity index (χ2n) is 4.43. The molecule has 4 nitrogen and oxygen atoms in total. The highest BCUT2D eigenvalue weighted by molar-refractivity contribution is 5.47. The topological polar surface area (TPSA) is 51.2 Å². The van der Waals surface area contributed by atoms with E-state index in [1.165, 1.54) is 12.8 Å². The van der Waals surface area contributed by atoms with E-state index in [2.05, 4.69) is 10.3 Å². The van der Waals surface area contributed by atoms with E-state index in [0.717, 1.165) is 37.1 Å². The van der Waals surface area contributed by atoms with Gasteiger partial charge in [-0.15, -0.1) is 0 Å². The first-order valence-corrected chi connectivity index (χ1v) is 6.14. The first-order valence-electron chi connectivity index (χ1n) is 6.14. The normalized spacial score (nSPS) is 15.3. The van der Waals surface area contributed by atoms with E-state index in [1.807, 2.05) is 12.1 Å². The van der Waals surface area contributed by atoms with Crippen LogP contribution >= 0.6 is 0 Å². The molecule has 0 aliphatic heterocycles. The van der Waals surface area contributed by atoms with Gasteiger partial charge in [-0.05, 0) is 37.9 Å². The molecule has 1 aliphatic carbocycles. The summed E-state index contributed by atoms with van der Waals surface area (Å²) in [6.07, 6.45) is 7.97. The van der Waals surface area contributed by atoms with E-state index in [9.17, 15) is 0 Å². The van der Waals surface area contributed by atoms with Crippen LogP contribution < -0.4 is 5.32 Å². The monoisotopic (exact) mass is 232 g/mol. The zero-order valence-corrected chi connectivity index (χ0v) is 9.69. The number of hydrogen-bond donors (Lipinski definition) is 1. The number of nitrogens with zero attached hydrogens (tertiary/aromatic N) is 1. The highest BCUT2D eigenvalue weighted by Gasteiger charge is 2.19. The minimum atomic E-state index is 0.708. The summed E-state index contributed by atoms with van der Waals surface area (Å²) in [6.45, 7) is 1.04. The summed E-state index contributed by atoms with van der Waals surface area (Å²) in [5.74, 6) is 2.23. The third-order valence-electron chi connectivity index (χ3n) is 2.90. The Balaban J connectivity index is 1.50. The number of hydrogen-bond acceptors (Lipinski definition) is 4. The van der Waals surface area contributed by atoms with E-state index in [0.29, 0.717) is 5.76 Å². The van der Waals surface area contributed by atoms with Gasteiger partial charge in [-0.3, -0.25) is 0 Å². The summed E-state index contributed by atoms with van der Waals surface area (Å²) in [5.41, 5.74) is 0. The first kappa shape index (κ1) is 10.6. The standard InChI is InChI=1S/C13H16N2O2/c1(7-14-10-5-6-10)4-13-15-9-12(17-13)11-3-2-8-16-11/h2-3,8-10,14H,1,4-7H2. The number of rotatable bonds is 6. The quantitative estimate of drug-likeness (QED) is 0.778. The molecular weight excluding hydrogens is 216 g/mol. The lowest BCUT2D eigenvalue weighted by atomic mass is 10.3. The van der Waals surface area contributed by atoms with Crippen LogP contribution in [0.25, 0.3) is 11.5 Å². The lowest BCUT2D eigenvalue weighted by molar-refractivity contribution is 0.472.